The molecule has 1 heterocycles. The monoisotopic (exact) mass is 254 g/mol. The minimum absolute atomic E-state index is 0.00429. The van der Waals surface area contributed by atoms with Gasteiger partial charge in [0.2, 0.25) is 0 Å². The second-order valence-electron chi connectivity index (χ2n) is 4.59. The second kappa shape index (κ2) is 4.31. The van der Waals surface area contributed by atoms with E-state index in [-0.39, 0.29) is 12.3 Å². The smallest absolute Gasteiger partial charge is 0.304 e. The van der Waals surface area contributed by atoms with Crippen molar-refractivity contribution < 1.29 is 14.7 Å². The van der Waals surface area contributed by atoms with Gasteiger partial charge in [-0.3, -0.25) is 4.79 Å². The van der Waals surface area contributed by atoms with E-state index in [1.807, 2.05) is 30.4 Å². The summed E-state index contributed by atoms with van der Waals surface area (Å²) in [5, 5.41) is 8.94. The fourth-order valence-electron chi connectivity index (χ4n) is 2.49. The maximum Gasteiger partial charge on any atom is 0.304 e. The quantitative estimate of drug-likeness (QED) is 0.825. The Morgan fingerprint density at radius 2 is 2.11 bits per heavy atom. The molecule has 1 atom stereocenters. The van der Waals surface area contributed by atoms with E-state index in [2.05, 4.69) is 0 Å². The molecule has 1 aliphatic heterocycles. The first-order valence-electron chi connectivity index (χ1n) is 6.05. The predicted molar refractivity (Wildman–Crippen MR) is 70.7 cm³/mol. The van der Waals surface area contributed by atoms with E-state index in [1.165, 1.54) is 0 Å². The molecule has 4 nitrogen and oxygen atoms in total. The molecular weight excluding hydrogens is 242 g/mol. The van der Waals surface area contributed by atoms with Crippen molar-refractivity contribution in [2.45, 2.75) is 6.42 Å². The SMILES string of the molecule is O=C(O)CC1C=CC=C2C1=Cc1ccccc1[N+]2=O. The molecule has 3 rings (SSSR count). The number of carboxylic acids is 1. The average molecular weight is 254 g/mol. The standard InChI is InChI=1S/C15H11NO3/c17-15(18)9-10-5-3-7-14-12(10)8-11-4-1-2-6-13(11)16(14)19/h1-8,10H,9H2/p+1. The van der Waals surface area contributed by atoms with Crippen molar-refractivity contribution in [1.82, 2.24) is 0 Å². The van der Waals surface area contributed by atoms with Crippen LogP contribution >= 0.6 is 0 Å². The fraction of sp³-hybridized carbons (Fsp3) is 0.133. The normalized spacial score (nSPS) is 20.2. The van der Waals surface area contributed by atoms with Gasteiger partial charge in [-0.1, -0.05) is 24.3 Å². The third-order valence-electron chi connectivity index (χ3n) is 3.37. The average Bonchev–Trinajstić information content (AvgIpc) is 2.40. The number of nitrogens with zero attached hydrogens (tertiary/aromatic N) is 1. The molecule has 0 saturated heterocycles. The number of hydrogen-bond donors (Lipinski definition) is 1. The minimum atomic E-state index is -0.867. The van der Waals surface area contributed by atoms with Crippen LogP contribution in [0, 0.1) is 10.8 Å². The number of carbonyl (C=O) groups is 1. The minimum Gasteiger partial charge on any atom is -0.481 e. The maximum atomic E-state index is 12.3. The summed E-state index contributed by atoms with van der Waals surface area (Å²) in [4.78, 5) is 23.2. The summed E-state index contributed by atoms with van der Waals surface area (Å²) >= 11 is 0. The van der Waals surface area contributed by atoms with Gasteiger partial charge in [-0.15, -0.1) is 0 Å². The lowest BCUT2D eigenvalue weighted by Gasteiger charge is -2.19. The highest BCUT2D eigenvalue weighted by Crippen LogP contribution is 2.39. The number of carboxylic acid groups (broad SMARTS) is 1. The van der Waals surface area contributed by atoms with Crippen LogP contribution in [0.5, 0.6) is 0 Å². The Bertz CT molecular complexity index is 668. The third kappa shape index (κ3) is 1.91. The first-order chi connectivity index (χ1) is 9.16. The highest BCUT2D eigenvalue weighted by molar-refractivity contribution is 5.73. The molecule has 2 aliphatic rings. The van der Waals surface area contributed by atoms with Crippen LogP contribution in [-0.2, 0) is 4.79 Å². The Morgan fingerprint density at radius 3 is 2.89 bits per heavy atom. The second-order valence-corrected chi connectivity index (χ2v) is 4.59. The summed E-state index contributed by atoms with van der Waals surface area (Å²) < 4.78 is 0.878. The number of para-hydroxylation sites is 1. The molecule has 0 aromatic heterocycles. The van der Waals surface area contributed by atoms with Gasteiger partial charge in [-0.05, 0) is 12.1 Å². The number of nitroso groups, excluding NO2 is 1. The van der Waals surface area contributed by atoms with E-state index in [0.29, 0.717) is 11.4 Å². The molecule has 0 fully saturated rings. The summed E-state index contributed by atoms with van der Waals surface area (Å²) in [7, 11) is 0. The molecule has 1 N–H and O–H groups in total. The molecule has 4 heteroatoms. The number of hydrogen-bond acceptors (Lipinski definition) is 2. The summed E-state index contributed by atoms with van der Waals surface area (Å²) in [6.45, 7) is 0. The van der Waals surface area contributed by atoms with E-state index >= 15 is 0 Å². The van der Waals surface area contributed by atoms with Crippen molar-refractivity contribution in [3.05, 3.63) is 64.2 Å². The van der Waals surface area contributed by atoms with E-state index in [0.717, 1.165) is 15.9 Å². The molecule has 0 radical (unpaired) electrons. The Hall–Kier alpha value is -2.49. The van der Waals surface area contributed by atoms with E-state index < -0.39 is 5.97 Å². The molecule has 19 heavy (non-hydrogen) atoms. The van der Waals surface area contributed by atoms with E-state index in [4.69, 9.17) is 5.11 Å². The lowest BCUT2D eigenvalue weighted by molar-refractivity contribution is -0.405. The number of rotatable bonds is 2. The number of allylic oxidation sites excluding steroid dienone is 4. The van der Waals surface area contributed by atoms with Crippen LogP contribution in [0.2, 0.25) is 0 Å². The molecule has 94 valence electrons. The van der Waals surface area contributed by atoms with Gasteiger partial charge in [0.05, 0.1) is 16.7 Å². The van der Waals surface area contributed by atoms with Gasteiger partial charge in [0.25, 0.3) is 11.4 Å². The number of fused-ring (bicyclic) bond motifs is 2. The lowest BCUT2D eigenvalue weighted by atomic mass is 9.85. The van der Waals surface area contributed by atoms with Crippen LogP contribution in [0.4, 0.5) is 5.69 Å². The van der Waals surface area contributed by atoms with Gasteiger partial charge in [0.1, 0.15) is 0 Å². The molecule has 1 aromatic carbocycles. The van der Waals surface area contributed by atoms with Crippen molar-refractivity contribution in [3.63, 3.8) is 0 Å². The Morgan fingerprint density at radius 1 is 1.32 bits per heavy atom. The van der Waals surface area contributed by atoms with Crippen molar-refractivity contribution >= 4 is 17.7 Å². The Balaban J connectivity index is 2.11. The van der Waals surface area contributed by atoms with Crippen LogP contribution in [0.3, 0.4) is 0 Å². The van der Waals surface area contributed by atoms with Crippen molar-refractivity contribution in [2.24, 2.45) is 5.92 Å². The zero-order chi connectivity index (χ0) is 13.4. The summed E-state index contributed by atoms with van der Waals surface area (Å²) in [5.41, 5.74) is 2.74. The molecule has 1 aliphatic carbocycles. The van der Waals surface area contributed by atoms with Crippen LogP contribution in [-0.4, -0.2) is 15.8 Å². The van der Waals surface area contributed by atoms with Crippen molar-refractivity contribution in [1.29, 1.82) is 0 Å². The van der Waals surface area contributed by atoms with Crippen LogP contribution in [0.25, 0.3) is 6.08 Å². The van der Waals surface area contributed by atoms with Gasteiger partial charge in [0, 0.05) is 28.5 Å². The van der Waals surface area contributed by atoms with Gasteiger partial charge in [-0.25, -0.2) is 0 Å². The van der Waals surface area contributed by atoms with Crippen molar-refractivity contribution in [2.75, 3.05) is 0 Å². The van der Waals surface area contributed by atoms with Gasteiger partial charge in [-0.2, -0.15) is 0 Å². The largest absolute Gasteiger partial charge is 0.481 e. The zero-order valence-electron chi connectivity index (χ0n) is 10.1. The van der Waals surface area contributed by atoms with Crippen LogP contribution in [0.1, 0.15) is 12.0 Å². The van der Waals surface area contributed by atoms with Gasteiger partial charge in [0.15, 0.2) is 0 Å². The third-order valence-corrected chi connectivity index (χ3v) is 3.37. The van der Waals surface area contributed by atoms with Crippen LogP contribution < -0.4 is 0 Å². The topological polar surface area (TPSA) is 57.4 Å². The van der Waals surface area contributed by atoms with E-state index in [9.17, 15) is 9.70 Å². The molecular formula is C15H12NO3+. The Labute approximate surface area is 109 Å². The predicted octanol–water partition coefficient (Wildman–Crippen LogP) is 3.04. The molecule has 0 spiro atoms. The van der Waals surface area contributed by atoms with Gasteiger partial charge >= 0.3 is 5.97 Å². The molecule has 1 unspecified atom stereocenters. The lowest BCUT2D eigenvalue weighted by Crippen LogP contribution is -2.19. The molecule has 0 bridgehead atoms. The molecule has 1 aromatic rings. The summed E-state index contributed by atoms with van der Waals surface area (Å²) in [5.74, 6) is -1.12. The number of aliphatic carboxylic acids is 1. The van der Waals surface area contributed by atoms with E-state index in [1.54, 1.807) is 18.2 Å². The van der Waals surface area contributed by atoms with Crippen LogP contribution in [0.15, 0.2) is 53.8 Å². The first kappa shape index (κ1) is 11.6. The molecule has 0 saturated carbocycles. The molecule has 0 amide bonds. The summed E-state index contributed by atoms with van der Waals surface area (Å²) in [6, 6.07) is 7.31. The zero-order valence-corrected chi connectivity index (χ0v) is 10.1. The van der Waals surface area contributed by atoms with Crippen molar-refractivity contribution in [3.8, 4) is 0 Å². The number of benzene rings is 1. The first-order valence-corrected chi connectivity index (χ1v) is 6.05. The van der Waals surface area contributed by atoms with Gasteiger partial charge < -0.3 is 5.11 Å². The summed E-state index contributed by atoms with van der Waals surface area (Å²) in [6.07, 6.45) is 7.21. The highest BCUT2D eigenvalue weighted by Gasteiger charge is 2.36. The highest BCUT2D eigenvalue weighted by atomic mass is 16.4. The maximum absolute atomic E-state index is 12.3. The Kier molecular flexibility index (Phi) is 2.63. The fourth-order valence-corrected chi connectivity index (χ4v) is 2.49.